The second-order valence-electron chi connectivity index (χ2n) is 3.76. The topological polar surface area (TPSA) is 21.3 Å². The van der Waals surface area contributed by atoms with E-state index in [2.05, 4.69) is 17.4 Å². The van der Waals surface area contributed by atoms with Crippen molar-refractivity contribution in [2.24, 2.45) is 0 Å². The summed E-state index contributed by atoms with van der Waals surface area (Å²) in [7, 11) is 1.70. The smallest absolute Gasteiger partial charge is 0.118 e. The summed E-state index contributed by atoms with van der Waals surface area (Å²) in [5.74, 6) is 0.932. The minimum atomic E-state index is 0.729. The zero-order chi connectivity index (χ0) is 10.5. The Bertz CT molecular complexity index is 293. The van der Waals surface area contributed by atoms with Crippen molar-refractivity contribution in [3.63, 3.8) is 0 Å². The number of nitrogens with one attached hydrogen (secondary N) is 1. The Morgan fingerprint density at radius 2 is 2.13 bits per heavy atom. The SMILES string of the molecule is COc1ccc(SC2CCCNC2)cc1. The molecule has 82 valence electrons. The highest BCUT2D eigenvalue weighted by molar-refractivity contribution is 8.00. The van der Waals surface area contributed by atoms with Gasteiger partial charge < -0.3 is 10.1 Å². The van der Waals surface area contributed by atoms with Crippen LogP contribution < -0.4 is 10.1 Å². The monoisotopic (exact) mass is 223 g/mol. The molecule has 0 spiro atoms. The average Bonchev–Trinajstić information content (AvgIpc) is 2.31. The maximum Gasteiger partial charge on any atom is 0.118 e. The maximum absolute atomic E-state index is 5.14. The number of hydrogen-bond acceptors (Lipinski definition) is 3. The van der Waals surface area contributed by atoms with E-state index in [1.807, 2.05) is 23.9 Å². The molecule has 2 rings (SSSR count). The molecule has 0 aliphatic carbocycles. The van der Waals surface area contributed by atoms with E-state index < -0.39 is 0 Å². The van der Waals surface area contributed by atoms with Crippen LogP contribution in [0.1, 0.15) is 12.8 Å². The van der Waals surface area contributed by atoms with Crippen molar-refractivity contribution in [1.82, 2.24) is 5.32 Å². The van der Waals surface area contributed by atoms with Gasteiger partial charge in [-0.05, 0) is 43.7 Å². The summed E-state index contributed by atoms with van der Waals surface area (Å²) in [4.78, 5) is 1.34. The van der Waals surface area contributed by atoms with Gasteiger partial charge in [-0.2, -0.15) is 0 Å². The van der Waals surface area contributed by atoms with Crippen molar-refractivity contribution in [1.29, 1.82) is 0 Å². The molecule has 1 N–H and O–H groups in total. The lowest BCUT2D eigenvalue weighted by atomic mass is 10.2. The first-order valence-corrected chi connectivity index (χ1v) is 6.28. The van der Waals surface area contributed by atoms with E-state index >= 15 is 0 Å². The zero-order valence-electron chi connectivity index (χ0n) is 9.03. The number of piperidine rings is 1. The van der Waals surface area contributed by atoms with E-state index in [1.165, 1.54) is 24.3 Å². The third-order valence-corrected chi connectivity index (χ3v) is 3.89. The lowest BCUT2D eigenvalue weighted by Gasteiger charge is -2.22. The Labute approximate surface area is 95.4 Å². The van der Waals surface area contributed by atoms with Gasteiger partial charge in [0.2, 0.25) is 0 Å². The second-order valence-corrected chi connectivity index (χ2v) is 5.14. The van der Waals surface area contributed by atoms with Gasteiger partial charge >= 0.3 is 0 Å². The van der Waals surface area contributed by atoms with E-state index in [9.17, 15) is 0 Å². The lowest BCUT2D eigenvalue weighted by Crippen LogP contribution is -2.31. The molecule has 1 heterocycles. The minimum absolute atomic E-state index is 0.729. The van der Waals surface area contributed by atoms with Crippen LogP contribution in [0, 0.1) is 0 Å². The van der Waals surface area contributed by atoms with Gasteiger partial charge in [0.25, 0.3) is 0 Å². The molecule has 0 radical (unpaired) electrons. The first kappa shape index (κ1) is 10.8. The number of thioether (sulfide) groups is 1. The van der Waals surface area contributed by atoms with E-state index in [-0.39, 0.29) is 0 Å². The fourth-order valence-corrected chi connectivity index (χ4v) is 2.93. The number of ether oxygens (including phenoxy) is 1. The highest BCUT2D eigenvalue weighted by atomic mass is 32.2. The van der Waals surface area contributed by atoms with Gasteiger partial charge in [-0.3, -0.25) is 0 Å². The summed E-state index contributed by atoms with van der Waals surface area (Å²) >= 11 is 1.97. The van der Waals surface area contributed by atoms with Crippen LogP contribution in [0.2, 0.25) is 0 Å². The van der Waals surface area contributed by atoms with Crippen molar-refractivity contribution in [3.8, 4) is 5.75 Å². The summed E-state index contributed by atoms with van der Waals surface area (Å²) in [5, 5.41) is 4.16. The first-order valence-electron chi connectivity index (χ1n) is 5.40. The Morgan fingerprint density at radius 3 is 2.73 bits per heavy atom. The molecule has 2 nitrogen and oxygen atoms in total. The third kappa shape index (κ3) is 3.14. The molecule has 0 bridgehead atoms. The van der Waals surface area contributed by atoms with E-state index in [1.54, 1.807) is 7.11 Å². The van der Waals surface area contributed by atoms with Crippen LogP contribution in [-0.4, -0.2) is 25.4 Å². The largest absolute Gasteiger partial charge is 0.497 e. The molecule has 1 unspecified atom stereocenters. The molecular formula is C12H17NOS. The van der Waals surface area contributed by atoms with Gasteiger partial charge in [0.05, 0.1) is 7.11 Å². The quantitative estimate of drug-likeness (QED) is 0.851. The summed E-state index contributed by atoms with van der Waals surface area (Å²) in [6.45, 7) is 2.32. The molecule has 0 saturated carbocycles. The minimum Gasteiger partial charge on any atom is -0.497 e. The van der Waals surface area contributed by atoms with Gasteiger partial charge in [0.1, 0.15) is 5.75 Å². The molecule has 0 aromatic heterocycles. The average molecular weight is 223 g/mol. The van der Waals surface area contributed by atoms with Crippen molar-refractivity contribution in [2.45, 2.75) is 23.0 Å². The molecule has 1 saturated heterocycles. The van der Waals surface area contributed by atoms with Crippen LogP contribution in [-0.2, 0) is 0 Å². The van der Waals surface area contributed by atoms with Crippen LogP contribution in [0.15, 0.2) is 29.2 Å². The fourth-order valence-electron chi connectivity index (χ4n) is 1.77. The Balaban J connectivity index is 1.91. The number of benzene rings is 1. The van der Waals surface area contributed by atoms with Gasteiger partial charge in [-0.1, -0.05) is 0 Å². The van der Waals surface area contributed by atoms with Crippen LogP contribution in [0.4, 0.5) is 0 Å². The Kier molecular flexibility index (Phi) is 3.92. The van der Waals surface area contributed by atoms with Crippen LogP contribution in [0.3, 0.4) is 0 Å². The summed E-state index contributed by atoms with van der Waals surface area (Å²) in [6.07, 6.45) is 2.62. The van der Waals surface area contributed by atoms with E-state index in [0.29, 0.717) is 0 Å². The molecule has 1 aromatic carbocycles. The molecule has 1 aromatic rings. The van der Waals surface area contributed by atoms with Crippen molar-refractivity contribution >= 4 is 11.8 Å². The highest BCUT2D eigenvalue weighted by Gasteiger charge is 2.13. The third-order valence-electron chi connectivity index (χ3n) is 2.61. The summed E-state index contributed by atoms with van der Waals surface area (Å²) < 4.78 is 5.14. The summed E-state index contributed by atoms with van der Waals surface area (Å²) in [5.41, 5.74) is 0. The Hall–Kier alpha value is -0.670. The number of rotatable bonds is 3. The standard InChI is InChI=1S/C12H17NOS/c1-14-10-4-6-11(7-5-10)15-12-3-2-8-13-9-12/h4-7,12-13H,2-3,8-9H2,1H3. The molecule has 0 amide bonds. The number of hydrogen-bond donors (Lipinski definition) is 1. The predicted molar refractivity (Wildman–Crippen MR) is 64.7 cm³/mol. The van der Waals surface area contributed by atoms with Crippen LogP contribution >= 0.6 is 11.8 Å². The van der Waals surface area contributed by atoms with Crippen LogP contribution in [0.25, 0.3) is 0 Å². The first-order chi connectivity index (χ1) is 7.38. The van der Waals surface area contributed by atoms with Gasteiger partial charge in [0, 0.05) is 16.7 Å². The van der Waals surface area contributed by atoms with Crippen molar-refractivity contribution in [2.75, 3.05) is 20.2 Å². The molecule has 1 atom stereocenters. The normalized spacial score (nSPS) is 21.3. The maximum atomic E-state index is 5.14. The second kappa shape index (κ2) is 5.42. The molecule has 15 heavy (non-hydrogen) atoms. The van der Waals surface area contributed by atoms with Crippen molar-refractivity contribution < 1.29 is 4.74 Å². The summed E-state index contributed by atoms with van der Waals surface area (Å²) in [6, 6.07) is 8.33. The zero-order valence-corrected chi connectivity index (χ0v) is 9.85. The predicted octanol–water partition coefficient (Wildman–Crippen LogP) is 2.54. The van der Waals surface area contributed by atoms with Gasteiger partial charge in [-0.25, -0.2) is 0 Å². The fraction of sp³-hybridized carbons (Fsp3) is 0.500. The molecule has 1 aliphatic heterocycles. The van der Waals surface area contributed by atoms with Crippen molar-refractivity contribution in [3.05, 3.63) is 24.3 Å². The highest BCUT2D eigenvalue weighted by Crippen LogP contribution is 2.28. The molecule has 3 heteroatoms. The Morgan fingerprint density at radius 1 is 1.33 bits per heavy atom. The van der Waals surface area contributed by atoms with E-state index in [4.69, 9.17) is 4.74 Å². The number of methoxy groups -OCH3 is 1. The molecule has 1 aliphatic rings. The lowest BCUT2D eigenvalue weighted by molar-refractivity contribution is 0.414. The molecular weight excluding hydrogens is 206 g/mol. The van der Waals surface area contributed by atoms with Gasteiger partial charge in [-0.15, -0.1) is 11.8 Å². The van der Waals surface area contributed by atoms with E-state index in [0.717, 1.165) is 17.5 Å². The van der Waals surface area contributed by atoms with Gasteiger partial charge in [0.15, 0.2) is 0 Å². The van der Waals surface area contributed by atoms with Crippen LogP contribution in [0.5, 0.6) is 5.75 Å². The molecule has 1 fully saturated rings.